The molecule has 0 unspecified atom stereocenters. The number of hydrogen-bond donors (Lipinski definition) is 1. The molecule has 0 aliphatic rings. The summed E-state index contributed by atoms with van der Waals surface area (Å²) in [7, 11) is 0. The number of aliphatic carboxylic acids is 1. The molecule has 0 atom stereocenters. The number of benzene rings is 2. The molecule has 1 N–H and O–H groups in total. The van der Waals surface area contributed by atoms with Gasteiger partial charge in [0.15, 0.2) is 11.6 Å². The first kappa shape index (κ1) is 19.0. The summed E-state index contributed by atoms with van der Waals surface area (Å²) in [6.45, 7) is 5.08. The normalized spacial score (nSPS) is 8.96. The van der Waals surface area contributed by atoms with E-state index in [-0.39, 0.29) is 0 Å². The molecule has 0 aliphatic carbocycles. The van der Waals surface area contributed by atoms with Gasteiger partial charge in [0, 0.05) is 18.1 Å². The Labute approximate surface area is 142 Å². The van der Waals surface area contributed by atoms with Crippen LogP contribution in [0.25, 0.3) is 22.8 Å². The smallest absolute Gasteiger partial charge is 0.300 e. The minimum absolute atomic E-state index is 0.699. The Bertz CT molecular complexity index is 673. The molecule has 3 rings (SSSR count). The summed E-state index contributed by atoms with van der Waals surface area (Å²) < 4.78 is 0. The SMILES string of the molecule is CC.CC(=O)O.c1ccc(-c2ncnc(-c3ccccc3)n2)cc1. The number of carboxylic acids is 1. The van der Waals surface area contributed by atoms with Gasteiger partial charge in [-0.15, -0.1) is 0 Å². The topological polar surface area (TPSA) is 76.0 Å². The first-order valence-electron chi connectivity index (χ1n) is 7.66. The van der Waals surface area contributed by atoms with Crippen molar-refractivity contribution >= 4 is 5.97 Å². The van der Waals surface area contributed by atoms with Crippen molar-refractivity contribution in [1.82, 2.24) is 15.0 Å². The van der Waals surface area contributed by atoms with Crippen molar-refractivity contribution in [3.63, 3.8) is 0 Å². The van der Waals surface area contributed by atoms with Crippen molar-refractivity contribution in [3.8, 4) is 22.8 Å². The van der Waals surface area contributed by atoms with Gasteiger partial charge in [0.25, 0.3) is 5.97 Å². The van der Waals surface area contributed by atoms with Crippen molar-refractivity contribution in [3.05, 3.63) is 67.0 Å². The maximum atomic E-state index is 9.00. The van der Waals surface area contributed by atoms with E-state index in [4.69, 9.17) is 9.90 Å². The van der Waals surface area contributed by atoms with Gasteiger partial charge in [0.1, 0.15) is 6.33 Å². The van der Waals surface area contributed by atoms with Gasteiger partial charge in [-0.3, -0.25) is 4.79 Å². The van der Waals surface area contributed by atoms with E-state index in [0.29, 0.717) is 11.6 Å². The first-order valence-corrected chi connectivity index (χ1v) is 7.66. The number of carboxylic acid groups (broad SMARTS) is 1. The molecule has 2 aromatic carbocycles. The van der Waals surface area contributed by atoms with Crippen LogP contribution in [-0.4, -0.2) is 26.0 Å². The molecule has 5 heteroatoms. The quantitative estimate of drug-likeness (QED) is 0.760. The van der Waals surface area contributed by atoms with Crippen LogP contribution in [0.5, 0.6) is 0 Å². The Kier molecular flexibility index (Phi) is 8.39. The van der Waals surface area contributed by atoms with E-state index >= 15 is 0 Å². The fraction of sp³-hybridized carbons (Fsp3) is 0.158. The highest BCUT2D eigenvalue weighted by atomic mass is 16.4. The molecule has 5 nitrogen and oxygen atoms in total. The Morgan fingerprint density at radius 1 is 0.792 bits per heavy atom. The lowest BCUT2D eigenvalue weighted by Crippen LogP contribution is -1.94. The van der Waals surface area contributed by atoms with E-state index in [0.717, 1.165) is 18.1 Å². The summed E-state index contributed by atoms with van der Waals surface area (Å²) in [5, 5.41) is 7.42. The highest BCUT2D eigenvalue weighted by molar-refractivity contribution is 5.63. The minimum Gasteiger partial charge on any atom is -0.481 e. The Balaban J connectivity index is 0.000000423. The lowest BCUT2D eigenvalue weighted by Gasteiger charge is -2.02. The minimum atomic E-state index is -0.833. The van der Waals surface area contributed by atoms with Gasteiger partial charge in [0.05, 0.1) is 0 Å². The molecule has 0 aliphatic heterocycles. The van der Waals surface area contributed by atoms with Crippen LogP contribution in [0, 0.1) is 0 Å². The molecular weight excluding hydrogens is 302 g/mol. The van der Waals surface area contributed by atoms with Gasteiger partial charge in [0.2, 0.25) is 0 Å². The molecule has 1 aromatic heterocycles. The van der Waals surface area contributed by atoms with Gasteiger partial charge in [-0.05, 0) is 0 Å². The van der Waals surface area contributed by atoms with Crippen molar-refractivity contribution in [2.24, 2.45) is 0 Å². The van der Waals surface area contributed by atoms with Gasteiger partial charge in [-0.25, -0.2) is 15.0 Å². The summed E-state index contributed by atoms with van der Waals surface area (Å²) in [5.74, 6) is 0.564. The third-order valence-electron chi connectivity index (χ3n) is 2.64. The maximum Gasteiger partial charge on any atom is 0.300 e. The highest BCUT2D eigenvalue weighted by Crippen LogP contribution is 2.18. The lowest BCUT2D eigenvalue weighted by atomic mass is 10.2. The first-order chi connectivity index (χ1) is 11.7. The highest BCUT2D eigenvalue weighted by Gasteiger charge is 2.04. The van der Waals surface area contributed by atoms with Crippen LogP contribution in [0.1, 0.15) is 20.8 Å². The number of carbonyl (C=O) groups is 1. The molecule has 124 valence electrons. The molecule has 0 spiro atoms. The summed E-state index contributed by atoms with van der Waals surface area (Å²) in [6.07, 6.45) is 1.55. The third kappa shape index (κ3) is 6.36. The van der Waals surface area contributed by atoms with Crippen LogP contribution in [0.15, 0.2) is 67.0 Å². The average molecular weight is 323 g/mol. The molecule has 24 heavy (non-hydrogen) atoms. The molecule has 0 bridgehead atoms. The van der Waals surface area contributed by atoms with Crippen LogP contribution >= 0.6 is 0 Å². The Morgan fingerprint density at radius 3 is 1.46 bits per heavy atom. The molecule has 0 fully saturated rings. The predicted octanol–water partition coefficient (Wildman–Crippen LogP) is 4.32. The predicted molar refractivity (Wildman–Crippen MR) is 95.4 cm³/mol. The molecule has 1 heterocycles. The van der Waals surface area contributed by atoms with Gasteiger partial charge < -0.3 is 5.11 Å². The van der Waals surface area contributed by atoms with E-state index in [1.54, 1.807) is 6.33 Å². The van der Waals surface area contributed by atoms with E-state index in [1.807, 2.05) is 74.5 Å². The summed E-state index contributed by atoms with van der Waals surface area (Å²) in [5.41, 5.74) is 1.99. The summed E-state index contributed by atoms with van der Waals surface area (Å²) >= 11 is 0. The van der Waals surface area contributed by atoms with E-state index in [2.05, 4.69) is 15.0 Å². The molecule has 0 saturated heterocycles. The fourth-order valence-corrected chi connectivity index (χ4v) is 1.75. The van der Waals surface area contributed by atoms with Crippen LogP contribution in [0.3, 0.4) is 0 Å². The standard InChI is InChI=1S/C15H11N3.C2H4O2.C2H6/c1-3-7-12(8-4-1)14-16-11-17-15(18-14)13-9-5-2-6-10-13;1-2(3)4;1-2/h1-11H;1H3,(H,3,4);1-2H3. The zero-order valence-electron chi connectivity index (χ0n) is 14.0. The summed E-state index contributed by atoms with van der Waals surface area (Å²) in [4.78, 5) is 21.9. The number of rotatable bonds is 2. The van der Waals surface area contributed by atoms with Crippen LogP contribution < -0.4 is 0 Å². The Hall–Kier alpha value is -3.08. The van der Waals surface area contributed by atoms with Crippen molar-refractivity contribution in [2.75, 3.05) is 0 Å². The molecule has 0 saturated carbocycles. The van der Waals surface area contributed by atoms with Crippen LogP contribution in [-0.2, 0) is 4.79 Å². The second-order valence-corrected chi connectivity index (χ2v) is 4.38. The molecule has 3 aromatic rings. The third-order valence-corrected chi connectivity index (χ3v) is 2.64. The second kappa shape index (κ2) is 10.6. The lowest BCUT2D eigenvalue weighted by molar-refractivity contribution is -0.134. The van der Waals surface area contributed by atoms with Crippen LogP contribution in [0.4, 0.5) is 0 Å². The molecular formula is C19H21N3O2. The largest absolute Gasteiger partial charge is 0.481 e. The number of hydrogen-bond acceptors (Lipinski definition) is 4. The van der Waals surface area contributed by atoms with E-state index in [9.17, 15) is 0 Å². The second-order valence-electron chi connectivity index (χ2n) is 4.38. The maximum absolute atomic E-state index is 9.00. The van der Waals surface area contributed by atoms with Gasteiger partial charge in [-0.1, -0.05) is 74.5 Å². The number of nitrogens with zero attached hydrogens (tertiary/aromatic N) is 3. The molecule has 0 radical (unpaired) electrons. The van der Waals surface area contributed by atoms with Gasteiger partial charge in [-0.2, -0.15) is 0 Å². The van der Waals surface area contributed by atoms with E-state index in [1.165, 1.54) is 0 Å². The Morgan fingerprint density at radius 2 is 1.12 bits per heavy atom. The zero-order chi connectivity index (χ0) is 17.8. The zero-order valence-corrected chi connectivity index (χ0v) is 14.0. The fourth-order valence-electron chi connectivity index (χ4n) is 1.75. The van der Waals surface area contributed by atoms with Crippen molar-refractivity contribution in [2.45, 2.75) is 20.8 Å². The van der Waals surface area contributed by atoms with Crippen molar-refractivity contribution < 1.29 is 9.90 Å². The summed E-state index contributed by atoms with van der Waals surface area (Å²) in [6, 6.07) is 19.8. The molecule has 0 amide bonds. The monoisotopic (exact) mass is 323 g/mol. The van der Waals surface area contributed by atoms with E-state index < -0.39 is 5.97 Å². The van der Waals surface area contributed by atoms with Crippen LogP contribution in [0.2, 0.25) is 0 Å². The number of aromatic nitrogens is 3. The van der Waals surface area contributed by atoms with Gasteiger partial charge >= 0.3 is 0 Å². The average Bonchev–Trinajstić information content (AvgIpc) is 2.65. The van der Waals surface area contributed by atoms with Crippen molar-refractivity contribution in [1.29, 1.82) is 0 Å².